The number of piperidine rings is 1. The van der Waals surface area contributed by atoms with Crippen molar-refractivity contribution >= 4 is 18.1 Å². The fourth-order valence-corrected chi connectivity index (χ4v) is 2.88. The first-order valence-corrected chi connectivity index (χ1v) is 8.58. The molecule has 0 atom stereocenters. The highest BCUT2D eigenvalue weighted by molar-refractivity contribution is 5.91. The van der Waals surface area contributed by atoms with Crippen molar-refractivity contribution in [3.8, 4) is 11.5 Å². The molecule has 0 aromatic heterocycles. The minimum absolute atomic E-state index is 0.143. The molecule has 1 fully saturated rings. The van der Waals surface area contributed by atoms with Crippen LogP contribution in [0.3, 0.4) is 0 Å². The van der Waals surface area contributed by atoms with E-state index in [4.69, 9.17) is 14.2 Å². The summed E-state index contributed by atoms with van der Waals surface area (Å²) in [6.45, 7) is 1.92. The number of carbonyl (C=O) groups is 2. The lowest BCUT2D eigenvalue weighted by Gasteiger charge is -2.30. The van der Waals surface area contributed by atoms with Gasteiger partial charge in [0.1, 0.15) is 0 Å². The van der Waals surface area contributed by atoms with Crippen molar-refractivity contribution in [3.05, 3.63) is 29.8 Å². The molecule has 1 aliphatic heterocycles. The van der Waals surface area contributed by atoms with Gasteiger partial charge in [0.2, 0.25) is 5.91 Å². The second kappa shape index (κ2) is 9.70. The molecule has 0 saturated carbocycles. The van der Waals surface area contributed by atoms with Crippen molar-refractivity contribution in [3.63, 3.8) is 0 Å². The summed E-state index contributed by atoms with van der Waals surface area (Å²) in [6.07, 6.45) is 4.66. The third-order valence-corrected chi connectivity index (χ3v) is 4.45. The van der Waals surface area contributed by atoms with Crippen LogP contribution in [0.2, 0.25) is 0 Å². The molecule has 7 nitrogen and oxygen atoms in total. The highest BCUT2D eigenvalue weighted by Gasteiger charge is 2.23. The Balaban J connectivity index is 1.79. The Morgan fingerprint density at radius 1 is 1.15 bits per heavy atom. The predicted molar refractivity (Wildman–Crippen MR) is 98.3 cm³/mol. The summed E-state index contributed by atoms with van der Waals surface area (Å²) in [5.74, 6) is 1.49. The van der Waals surface area contributed by atoms with Crippen molar-refractivity contribution in [2.45, 2.75) is 12.8 Å². The molecule has 1 aromatic rings. The Kier molecular flexibility index (Phi) is 7.32. The summed E-state index contributed by atoms with van der Waals surface area (Å²) < 4.78 is 15.2. The lowest BCUT2D eigenvalue weighted by atomic mass is 9.97. The van der Waals surface area contributed by atoms with E-state index in [0.717, 1.165) is 18.4 Å². The number of nitrogens with one attached hydrogen (secondary N) is 1. The van der Waals surface area contributed by atoms with Crippen molar-refractivity contribution in [2.24, 2.45) is 5.92 Å². The van der Waals surface area contributed by atoms with Crippen molar-refractivity contribution < 1.29 is 23.8 Å². The lowest BCUT2D eigenvalue weighted by Crippen LogP contribution is -2.41. The van der Waals surface area contributed by atoms with E-state index >= 15 is 0 Å². The molecule has 0 aliphatic carbocycles. The van der Waals surface area contributed by atoms with Crippen LogP contribution in [0.1, 0.15) is 18.4 Å². The molecule has 0 spiro atoms. The van der Waals surface area contributed by atoms with E-state index in [-0.39, 0.29) is 12.0 Å². The summed E-state index contributed by atoms with van der Waals surface area (Å²) in [7, 11) is 4.54. The maximum atomic E-state index is 12.0. The van der Waals surface area contributed by atoms with E-state index in [1.54, 1.807) is 31.3 Å². The number of benzene rings is 1. The molecule has 7 heteroatoms. The number of methoxy groups -OCH3 is 3. The molecule has 1 aromatic carbocycles. The first kappa shape index (κ1) is 19.6. The smallest absolute Gasteiger partial charge is 0.409 e. The third kappa shape index (κ3) is 5.40. The summed E-state index contributed by atoms with van der Waals surface area (Å²) in [6, 6.07) is 5.46. The van der Waals surface area contributed by atoms with Crippen molar-refractivity contribution in [1.29, 1.82) is 0 Å². The molecule has 2 amide bonds. The third-order valence-electron chi connectivity index (χ3n) is 4.45. The van der Waals surface area contributed by atoms with Crippen LogP contribution < -0.4 is 14.8 Å². The molecule has 1 saturated heterocycles. The van der Waals surface area contributed by atoms with Gasteiger partial charge in [-0.15, -0.1) is 0 Å². The van der Waals surface area contributed by atoms with E-state index < -0.39 is 0 Å². The van der Waals surface area contributed by atoms with Crippen LogP contribution in [0.5, 0.6) is 11.5 Å². The van der Waals surface area contributed by atoms with Gasteiger partial charge in [0, 0.05) is 25.7 Å². The monoisotopic (exact) mass is 362 g/mol. The fourth-order valence-electron chi connectivity index (χ4n) is 2.88. The number of ether oxygens (including phenoxy) is 3. The Morgan fingerprint density at radius 3 is 2.46 bits per heavy atom. The number of hydrogen-bond acceptors (Lipinski definition) is 5. The van der Waals surface area contributed by atoms with Gasteiger partial charge in [0.05, 0.1) is 21.3 Å². The quantitative estimate of drug-likeness (QED) is 0.786. The van der Waals surface area contributed by atoms with Gasteiger partial charge in [-0.05, 0) is 42.5 Å². The van der Waals surface area contributed by atoms with Gasteiger partial charge in [-0.3, -0.25) is 4.79 Å². The summed E-state index contributed by atoms with van der Waals surface area (Å²) in [5, 5.41) is 2.92. The topological polar surface area (TPSA) is 77.1 Å². The molecule has 142 valence electrons. The Hall–Kier alpha value is -2.70. The van der Waals surface area contributed by atoms with Crippen LogP contribution in [0.4, 0.5) is 4.79 Å². The number of carbonyl (C=O) groups excluding carboxylic acids is 2. The number of hydrogen-bond donors (Lipinski definition) is 1. The molecule has 0 unspecified atom stereocenters. The maximum Gasteiger partial charge on any atom is 0.409 e. The van der Waals surface area contributed by atoms with Gasteiger partial charge in [0.25, 0.3) is 0 Å². The Bertz CT molecular complexity index is 651. The lowest BCUT2D eigenvalue weighted by molar-refractivity contribution is -0.116. The van der Waals surface area contributed by atoms with Crippen LogP contribution in [-0.2, 0) is 9.53 Å². The van der Waals surface area contributed by atoms with E-state index in [1.165, 1.54) is 13.2 Å². The van der Waals surface area contributed by atoms with Gasteiger partial charge in [-0.1, -0.05) is 6.07 Å². The zero-order valence-corrected chi connectivity index (χ0v) is 15.5. The van der Waals surface area contributed by atoms with E-state index in [9.17, 15) is 9.59 Å². The van der Waals surface area contributed by atoms with E-state index in [0.29, 0.717) is 37.1 Å². The molecule has 2 rings (SSSR count). The molecule has 0 radical (unpaired) electrons. The highest BCUT2D eigenvalue weighted by atomic mass is 16.5. The molecular formula is C19H26N2O5. The number of rotatable bonds is 6. The van der Waals surface area contributed by atoms with Gasteiger partial charge >= 0.3 is 6.09 Å². The first-order chi connectivity index (χ1) is 12.6. The largest absolute Gasteiger partial charge is 0.493 e. The Labute approximate surface area is 153 Å². The van der Waals surface area contributed by atoms with Crippen LogP contribution in [0, 0.1) is 5.92 Å². The fraction of sp³-hybridized carbons (Fsp3) is 0.474. The zero-order chi connectivity index (χ0) is 18.9. The second-order valence-electron chi connectivity index (χ2n) is 6.09. The number of likely N-dealkylation sites (tertiary alicyclic amines) is 1. The van der Waals surface area contributed by atoms with Crippen molar-refractivity contribution in [2.75, 3.05) is 41.0 Å². The van der Waals surface area contributed by atoms with Gasteiger partial charge in [-0.25, -0.2) is 4.79 Å². The minimum atomic E-state index is -0.287. The molecule has 0 bridgehead atoms. The Morgan fingerprint density at radius 2 is 1.85 bits per heavy atom. The molecule has 1 N–H and O–H groups in total. The number of amides is 2. The second-order valence-corrected chi connectivity index (χ2v) is 6.09. The first-order valence-electron chi connectivity index (χ1n) is 8.58. The highest BCUT2D eigenvalue weighted by Crippen LogP contribution is 2.27. The van der Waals surface area contributed by atoms with Gasteiger partial charge < -0.3 is 24.4 Å². The average Bonchev–Trinajstić information content (AvgIpc) is 2.70. The summed E-state index contributed by atoms with van der Waals surface area (Å²) in [5.41, 5.74) is 0.851. The van der Waals surface area contributed by atoms with Crippen LogP contribution in [0.25, 0.3) is 6.08 Å². The predicted octanol–water partition coefficient (Wildman–Crippen LogP) is 2.31. The van der Waals surface area contributed by atoms with E-state index in [1.807, 2.05) is 12.1 Å². The molecule has 26 heavy (non-hydrogen) atoms. The van der Waals surface area contributed by atoms with Gasteiger partial charge in [-0.2, -0.15) is 0 Å². The maximum absolute atomic E-state index is 12.0. The summed E-state index contributed by atoms with van der Waals surface area (Å²) >= 11 is 0. The zero-order valence-electron chi connectivity index (χ0n) is 15.5. The normalized spacial score (nSPS) is 15.0. The van der Waals surface area contributed by atoms with Crippen LogP contribution in [-0.4, -0.2) is 57.9 Å². The molecule has 1 aliphatic rings. The van der Waals surface area contributed by atoms with Crippen LogP contribution >= 0.6 is 0 Å². The molecular weight excluding hydrogens is 336 g/mol. The van der Waals surface area contributed by atoms with Crippen LogP contribution in [0.15, 0.2) is 24.3 Å². The van der Waals surface area contributed by atoms with Gasteiger partial charge in [0.15, 0.2) is 11.5 Å². The number of nitrogens with zero attached hydrogens (tertiary/aromatic N) is 1. The SMILES string of the molecule is COC(=O)N1CCC(CNC(=O)/C=C/c2ccc(OC)c(OC)c2)CC1. The van der Waals surface area contributed by atoms with E-state index in [2.05, 4.69) is 5.32 Å². The standard InChI is InChI=1S/C19H26N2O5/c1-24-16-6-4-14(12-17(16)25-2)5-7-18(22)20-13-15-8-10-21(11-9-15)19(23)26-3/h4-7,12,15H,8-11,13H2,1-3H3,(H,20,22)/b7-5+. The average molecular weight is 362 g/mol. The van der Waals surface area contributed by atoms with Crippen molar-refractivity contribution in [1.82, 2.24) is 10.2 Å². The summed E-state index contributed by atoms with van der Waals surface area (Å²) in [4.78, 5) is 25.2. The minimum Gasteiger partial charge on any atom is -0.493 e. The molecule has 1 heterocycles.